The summed E-state index contributed by atoms with van der Waals surface area (Å²) in [5.74, 6) is -0.823. The highest BCUT2D eigenvalue weighted by Gasteiger charge is 2.46. The van der Waals surface area contributed by atoms with E-state index in [9.17, 15) is 9.00 Å². The van der Waals surface area contributed by atoms with E-state index < -0.39 is 34.9 Å². The highest BCUT2D eigenvalue weighted by molar-refractivity contribution is 7.85. The van der Waals surface area contributed by atoms with Crippen molar-refractivity contribution in [3.63, 3.8) is 0 Å². The van der Waals surface area contributed by atoms with E-state index in [0.29, 0.717) is 12.2 Å². The van der Waals surface area contributed by atoms with E-state index in [1.807, 2.05) is 45.0 Å². The van der Waals surface area contributed by atoms with Gasteiger partial charge in [0.2, 0.25) is 0 Å². The molecule has 0 N–H and O–H groups in total. The normalized spacial score (nSPS) is 24.2. The molecule has 5 nitrogen and oxygen atoms in total. The fraction of sp³-hybridized carbons (Fsp3) is 0.650. The summed E-state index contributed by atoms with van der Waals surface area (Å²) in [6.07, 6.45) is 1.41. The van der Waals surface area contributed by atoms with Crippen molar-refractivity contribution in [2.24, 2.45) is 0 Å². The third-order valence-electron chi connectivity index (χ3n) is 4.35. The molecule has 1 unspecified atom stereocenters. The van der Waals surface area contributed by atoms with Gasteiger partial charge >= 0.3 is 5.97 Å². The van der Waals surface area contributed by atoms with Gasteiger partial charge in [-0.2, -0.15) is 0 Å². The topological polar surface area (TPSA) is 61.8 Å². The van der Waals surface area contributed by atoms with Crippen LogP contribution >= 0.6 is 0 Å². The van der Waals surface area contributed by atoms with Gasteiger partial charge in [0, 0.05) is 11.8 Å². The number of hydrogen-bond donors (Lipinski definition) is 0. The summed E-state index contributed by atoms with van der Waals surface area (Å²) in [6.45, 7) is 9.15. The number of hydrogen-bond acceptors (Lipinski definition) is 5. The lowest BCUT2D eigenvalue weighted by atomic mass is 10.0. The Bertz CT molecular complexity index is 626. The van der Waals surface area contributed by atoms with Gasteiger partial charge in [0.25, 0.3) is 0 Å². The molecule has 0 spiro atoms. The first kappa shape index (κ1) is 21.1. The lowest BCUT2D eigenvalue weighted by Crippen LogP contribution is -2.40. The Labute approximate surface area is 158 Å². The SMILES string of the molecule is CCCC[C@H](OC(C)=O)[C@H]1OC(C)(C)O[C@H]1CS(=O)c1ccc(C)cc1. The highest BCUT2D eigenvalue weighted by Crippen LogP contribution is 2.33. The molecule has 0 radical (unpaired) electrons. The van der Waals surface area contributed by atoms with Gasteiger partial charge in [-0.3, -0.25) is 9.00 Å². The van der Waals surface area contributed by atoms with Crippen molar-refractivity contribution in [1.29, 1.82) is 0 Å². The minimum Gasteiger partial charge on any atom is -0.460 e. The van der Waals surface area contributed by atoms with E-state index in [0.717, 1.165) is 23.3 Å². The van der Waals surface area contributed by atoms with Crippen molar-refractivity contribution in [2.45, 2.75) is 82.9 Å². The summed E-state index contributed by atoms with van der Waals surface area (Å²) in [5.41, 5.74) is 1.12. The number of aryl methyl sites for hydroxylation is 1. The van der Waals surface area contributed by atoms with Crippen LogP contribution in [0.2, 0.25) is 0 Å². The Morgan fingerprint density at radius 1 is 1.27 bits per heavy atom. The maximum atomic E-state index is 12.8. The Morgan fingerprint density at radius 3 is 2.50 bits per heavy atom. The van der Waals surface area contributed by atoms with E-state index in [2.05, 4.69) is 6.92 Å². The van der Waals surface area contributed by atoms with Gasteiger partial charge in [-0.25, -0.2) is 0 Å². The van der Waals surface area contributed by atoms with Gasteiger partial charge < -0.3 is 14.2 Å². The minimum atomic E-state index is -1.22. The first-order valence-electron chi connectivity index (χ1n) is 9.19. The Kier molecular flexibility index (Phi) is 7.38. The molecule has 26 heavy (non-hydrogen) atoms. The maximum Gasteiger partial charge on any atom is 0.302 e. The first-order chi connectivity index (χ1) is 12.2. The van der Waals surface area contributed by atoms with E-state index in [4.69, 9.17) is 14.2 Å². The molecule has 0 saturated carbocycles. The Hall–Kier alpha value is -1.24. The first-order valence-corrected chi connectivity index (χ1v) is 10.5. The molecule has 0 aromatic heterocycles. The van der Waals surface area contributed by atoms with Crippen LogP contribution in [0, 0.1) is 6.92 Å². The molecule has 1 aliphatic rings. The predicted octanol–water partition coefficient (Wildman–Crippen LogP) is 3.74. The zero-order valence-electron chi connectivity index (χ0n) is 16.3. The van der Waals surface area contributed by atoms with E-state index in [-0.39, 0.29) is 5.97 Å². The van der Waals surface area contributed by atoms with Crippen LogP contribution in [0.3, 0.4) is 0 Å². The quantitative estimate of drug-likeness (QED) is 0.641. The smallest absolute Gasteiger partial charge is 0.302 e. The lowest BCUT2D eigenvalue weighted by molar-refractivity contribution is -0.170. The standard InChI is InChI=1S/C20H30O5S/c1-6-7-8-17(23-15(3)21)19-18(24-20(4,5)25-19)13-26(22)16-11-9-14(2)10-12-16/h9-12,17-19H,6-8,13H2,1-5H3/t17-,18-,19+,26?/m0/s1. The predicted molar refractivity (Wildman–Crippen MR) is 101 cm³/mol. The summed E-state index contributed by atoms with van der Waals surface area (Å²) in [6, 6.07) is 7.65. The van der Waals surface area contributed by atoms with Gasteiger partial charge in [-0.05, 0) is 45.7 Å². The van der Waals surface area contributed by atoms with Crippen LogP contribution in [0.5, 0.6) is 0 Å². The number of unbranched alkanes of at least 4 members (excludes halogenated alkanes) is 1. The Morgan fingerprint density at radius 2 is 1.92 bits per heavy atom. The molecule has 0 aliphatic carbocycles. The van der Waals surface area contributed by atoms with Gasteiger partial charge in [-0.15, -0.1) is 0 Å². The van der Waals surface area contributed by atoms with Crippen LogP contribution < -0.4 is 0 Å². The summed E-state index contributed by atoms with van der Waals surface area (Å²) in [4.78, 5) is 12.3. The zero-order chi connectivity index (χ0) is 19.3. The van der Waals surface area contributed by atoms with E-state index in [1.165, 1.54) is 6.92 Å². The van der Waals surface area contributed by atoms with Crippen LogP contribution in [0.4, 0.5) is 0 Å². The van der Waals surface area contributed by atoms with Gasteiger partial charge in [0.05, 0.1) is 16.6 Å². The summed E-state index contributed by atoms with van der Waals surface area (Å²) >= 11 is 0. The highest BCUT2D eigenvalue weighted by atomic mass is 32.2. The largest absolute Gasteiger partial charge is 0.460 e. The Balaban J connectivity index is 2.15. The molecular weight excluding hydrogens is 352 g/mol. The summed E-state index contributed by atoms with van der Waals surface area (Å²) in [7, 11) is -1.22. The van der Waals surface area contributed by atoms with Crippen molar-refractivity contribution >= 4 is 16.8 Å². The fourth-order valence-corrected chi connectivity index (χ4v) is 4.34. The summed E-state index contributed by atoms with van der Waals surface area (Å²) < 4.78 is 30.4. The number of carbonyl (C=O) groups is 1. The van der Waals surface area contributed by atoms with E-state index in [1.54, 1.807) is 0 Å². The number of carbonyl (C=O) groups excluding carboxylic acids is 1. The third-order valence-corrected chi connectivity index (χ3v) is 5.78. The van der Waals surface area contributed by atoms with Crippen LogP contribution in [-0.4, -0.2) is 40.0 Å². The lowest BCUT2D eigenvalue weighted by Gasteiger charge is -2.26. The zero-order valence-corrected chi connectivity index (χ0v) is 17.1. The molecule has 1 heterocycles. The molecule has 1 aromatic rings. The monoisotopic (exact) mass is 382 g/mol. The van der Waals surface area contributed by atoms with E-state index >= 15 is 0 Å². The molecule has 0 bridgehead atoms. The van der Waals surface area contributed by atoms with Gasteiger partial charge in [0.15, 0.2) is 5.79 Å². The molecule has 0 amide bonds. The molecule has 146 valence electrons. The average molecular weight is 383 g/mol. The summed E-state index contributed by atoms with van der Waals surface area (Å²) in [5, 5.41) is 0. The van der Waals surface area contributed by atoms with Crippen LogP contribution in [0.1, 0.15) is 52.5 Å². The second kappa shape index (κ2) is 9.11. The van der Waals surface area contributed by atoms with Crippen molar-refractivity contribution < 1.29 is 23.2 Å². The molecule has 1 aromatic carbocycles. The molecule has 1 aliphatic heterocycles. The second-order valence-electron chi connectivity index (χ2n) is 7.25. The van der Waals surface area contributed by atoms with Crippen LogP contribution in [0.15, 0.2) is 29.2 Å². The number of rotatable bonds is 8. The maximum absolute atomic E-state index is 12.8. The average Bonchev–Trinajstić information content (AvgIpc) is 2.86. The fourth-order valence-electron chi connectivity index (χ4n) is 3.15. The van der Waals surface area contributed by atoms with Crippen molar-refractivity contribution in [3.8, 4) is 0 Å². The molecule has 6 heteroatoms. The van der Waals surface area contributed by atoms with Crippen molar-refractivity contribution in [2.75, 3.05) is 5.75 Å². The van der Waals surface area contributed by atoms with Crippen molar-refractivity contribution in [1.82, 2.24) is 0 Å². The van der Waals surface area contributed by atoms with Gasteiger partial charge in [0.1, 0.15) is 18.3 Å². The minimum absolute atomic E-state index is 0.307. The molecule has 1 saturated heterocycles. The third kappa shape index (κ3) is 5.89. The van der Waals surface area contributed by atoms with Crippen LogP contribution in [-0.2, 0) is 29.8 Å². The molecule has 4 atom stereocenters. The number of esters is 1. The molecule has 1 fully saturated rings. The van der Waals surface area contributed by atoms with Crippen LogP contribution in [0.25, 0.3) is 0 Å². The van der Waals surface area contributed by atoms with Crippen molar-refractivity contribution in [3.05, 3.63) is 29.8 Å². The number of benzene rings is 1. The number of ether oxygens (including phenoxy) is 3. The molecular formula is C20H30O5S. The van der Waals surface area contributed by atoms with Gasteiger partial charge in [-0.1, -0.05) is 31.0 Å². The molecule has 2 rings (SSSR count). The second-order valence-corrected chi connectivity index (χ2v) is 8.75.